The molecule has 2 aromatic rings. The van der Waals surface area contributed by atoms with Gasteiger partial charge in [0.15, 0.2) is 0 Å². The van der Waals surface area contributed by atoms with Crippen LogP contribution in [0.25, 0.3) is 10.9 Å². The van der Waals surface area contributed by atoms with E-state index in [0.29, 0.717) is 15.9 Å². The lowest BCUT2D eigenvalue weighted by Crippen LogP contribution is -2.36. The monoisotopic (exact) mass is 238 g/mol. The molecule has 84 valence electrons. The van der Waals surface area contributed by atoms with E-state index >= 15 is 0 Å². The molecule has 1 aromatic heterocycles. The number of benzene rings is 1. The Morgan fingerprint density at radius 1 is 1.31 bits per heavy atom. The Kier molecular flexibility index (Phi) is 2.59. The first-order valence-corrected chi connectivity index (χ1v) is 5.33. The largest absolute Gasteiger partial charge is 0.329 e. The number of halogens is 1. The second-order valence-corrected chi connectivity index (χ2v) is 4.27. The van der Waals surface area contributed by atoms with Crippen LogP contribution in [0, 0.1) is 0 Å². The van der Waals surface area contributed by atoms with Crippen LogP contribution < -0.4 is 11.2 Å². The van der Waals surface area contributed by atoms with Gasteiger partial charge in [0.1, 0.15) is 0 Å². The zero-order chi connectivity index (χ0) is 11.9. The molecule has 0 aliphatic heterocycles. The first-order chi connectivity index (χ1) is 7.52. The molecule has 4 nitrogen and oxygen atoms in total. The third kappa shape index (κ3) is 1.55. The second-order valence-electron chi connectivity index (χ2n) is 3.86. The molecule has 0 saturated carbocycles. The van der Waals surface area contributed by atoms with E-state index in [1.165, 1.54) is 4.57 Å². The molecule has 0 fully saturated rings. The number of nitrogens with zero attached hydrogens (tertiary/aromatic N) is 1. The van der Waals surface area contributed by atoms with E-state index in [4.69, 9.17) is 11.6 Å². The van der Waals surface area contributed by atoms with E-state index in [-0.39, 0.29) is 11.6 Å². The molecule has 0 aliphatic rings. The lowest BCUT2D eigenvalue weighted by Gasteiger charge is -2.09. The molecule has 5 heteroatoms. The predicted octanol–water partition coefficient (Wildman–Crippen LogP) is 1.92. The van der Waals surface area contributed by atoms with Crippen molar-refractivity contribution in [2.45, 2.75) is 19.9 Å². The molecular weight excluding hydrogens is 228 g/mol. The molecule has 0 spiro atoms. The Labute approximate surface area is 96.5 Å². The molecule has 1 heterocycles. The molecule has 0 amide bonds. The van der Waals surface area contributed by atoms with Gasteiger partial charge in [-0.3, -0.25) is 9.36 Å². The number of H-pyrrole nitrogens is 1. The maximum absolute atomic E-state index is 12.0. The summed E-state index contributed by atoms with van der Waals surface area (Å²) in [5.74, 6) is 0. The van der Waals surface area contributed by atoms with Gasteiger partial charge in [-0.1, -0.05) is 17.7 Å². The zero-order valence-electron chi connectivity index (χ0n) is 8.95. The van der Waals surface area contributed by atoms with Crippen LogP contribution in [0.1, 0.15) is 19.9 Å². The molecule has 16 heavy (non-hydrogen) atoms. The molecule has 0 saturated heterocycles. The maximum atomic E-state index is 12.0. The smallest absolute Gasteiger partial charge is 0.305 e. The average molecular weight is 239 g/mol. The van der Waals surface area contributed by atoms with E-state index in [2.05, 4.69) is 4.98 Å². The quantitative estimate of drug-likeness (QED) is 0.825. The Balaban J connectivity index is 3.01. The fourth-order valence-electron chi connectivity index (χ4n) is 1.69. The summed E-state index contributed by atoms with van der Waals surface area (Å²) < 4.78 is 1.18. The number of rotatable bonds is 1. The van der Waals surface area contributed by atoms with E-state index in [1.54, 1.807) is 32.0 Å². The maximum Gasteiger partial charge on any atom is 0.329 e. The molecule has 2 rings (SSSR count). The van der Waals surface area contributed by atoms with Crippen LogP contribution >= 0.6 is 11.6 Å². The number of fused-ring (bicyclic) bond motifs is 1. The first kappa shape index (κ1) is 11.0. The molecule has 1 aromatic carbocycles. The lowest BCUT2D eigenvalue weighted by atomic mass is 10.2. The van der Waals surface area contributed by atoms with Crippen molar-refractivity contribution in [3.05, 3.63) is 44.1 Å². The van der Waals surface area contributed by atoms with Crippen molar-refractivity contribution in [1.82, 2.24) is 9.55 Å². The van der Waals surface area contributed by atoms with Gasteiger partial charge in [0.25, 0.3) is 5.56 Å². The van der Waals surface area contributed by atoms with E-state index in [1.807, 2.05) is 0 Å². The van der Waals surface area contributed by atoms with Crippen LogP contribution in [0.4, 0.5) is 0 Å². The Morgan fingerprint density at radius 3 is 2.62 bits per heavy atom. The van der Waals surface area contributed by atoms with Gasteiger partial charge < -0.3 is 4.98 Å². The summed E-state index contributed by atoms with van der Waals surface area (Å²) in [7, 11) is 0. The van der Waals surface area contributed by atoms with Crippen molar-refractivity contribution >= 4 is 22.5 Å². The van der Waals surface area contributed by atoms with Crippen LogP contribution in [0.2, 0.25) is 5.02 Å². The van der Waals surface area contributed by atoms with Crippen molar-refractivity contribution in [2.75, 3.05) is 0 Å². The molecule has 1 N–H and O–H groups in total. The fourth-order valence-corrected chi connectivity index (χ4v) is 1.91. The Hall–Kier alpha value is -1.55. The van der Waals surface area contributed by atoms with Crippen LogP contribution in [0.15, 0.2) is 27.8 Å². The summed E-state index contributed by atoms with van der Waals surface area (Å²) in [4.78, 5) is 26.3. The molecule has 0 bridgehead atoms. The van der Waals surface area contributed by atoms with Crippen molar-refractivity contribution in [3.63, 3.8) is 0 Å². The van der Waals surface area contributed by atoms with Gasteiger partial charge in [0.2, 0.25) is 0 Å². The van der Waals surface area contributed by atoms with Crippen LogP contribution in [-0.2, 0) is 0 Å². The van der Waals surface area contributed by atoms with E-state index in [0.717, 1.165) is 0 Å². The standard InChI is InChI=1S/C11H11ClN2O2/c1-6(2)14-10(15)7-4-3-5-8(12)9(7)13-11(14)16/h3-6H,1-2H3,(H,13,16). The van der Waals surface area contributed by atoms with Crippen LogP contribution in [0.5, 0.6) is 0 Å². The van der Waals surface area contributed by atoms with Crippen molar-refractivity contribution in [3.8, 4) is 0 Å². The van der Waals surface area contributed by atoms with E-state index < -0.39 is 5.69 Å². The number of aromatic amines is 1. The summed E-state index contributed by atoms with van der Waals surface area (Å²) in [6.07, 6.45) is 0. The zero-order valence-corrected chi connectivity index (χ0v) is 9.71. The number of aromatic nitrogens is 2. The van der Waals surface area contributed by atoms with Gasteiger partial charge >= 0.3 is 5.69 Å². The summed E-state index contributed by atoms with van der Waals surface area (Å²) in [5, 5.41) is 0.809. The molecule has 0 aliphatic carbocycles. The predicted molar refractivity (Wildman–Crippen MR) is 64.2 cm³/mol. The van der Waals surface area contributed by atoms with Crippen molar-refractivity contribution < 1.29 is 0 Å². The number of hydrogen-bond donors (Lipinski definition) is 1. The third-order valence-corrected chi connectivity index (χ3v) is 2.74. The fraction of sp³-hybridized carbons (Fsp3) is 0.273. The SMILES string of the molecule is CC(C)n1c(=O)[nH]c2c(Cl)cccc2c1=O. The molecule has 0 atom stereocenters. The first-order valence-electron chi connectivity index (χ1n) is 4.95. The highest BCUT2D eigenvalue weighted by Gasteiger charge is 2.11. The molecular formula is C11H11ClN2O2. The van der Waals surface area contributed by atoms with Gasteiger partial charge in [-0.2, -0.15) is 0 Å². The van der Waals surface area contributed by atoms with E-state index in [9.17, 15) is 9.59 Å². The summed E-state index contributed by atoms with van der Waals surface area (Å²) in [6.45, 7) is 3.57. The topological polar surface area (TPSA) is 54.9 Å². The number of para-hydroxylation sites is 1. The van der Waals surface area contributed by atoms with Gasteiger partial charge in [0.05, 0.1) is 15.9 Å². The van der Waals surface area contributed by atoms with Crippen molar-refractivity contribution in [1.29, 1.82) is 0 Å². The van der Waals surface area contributed by atoms with Gasteiger partial charge in [0, 0.05) is 6.04 Å². The molecule has 0 unspecified atom stereocenters. The minimum atomic E-state index is -0.430. The molecule has 0 radical (unpaired) electrons. The second kappa shape index (κ2) is 3.79. The normalized spacial score (nSPS) is 11.2. The summed E-state index contributed by atoms with van der Waals surface area (Å²) >= 11 is 5.91. The van der Waals surface area contributed by atoms with Gasteiger partial charge in [-0.15, -0.1) is 0 Å². The highest BCUT2D eigenvalue weighted by Crippen LogP contribution is 2.17. The highest BCUT2D eigenvalue weighted by atomic mass is 35.5. The minimum Gasteiger partial charge on any atom is -0.305 e. The summed E-state index contributed by atoms with van der Waals surface area (Å²) in [5.41, 5.74) is -0.340. The van der Waals surface area contributed by atoms with Crippen LogP contribution in [-0.4, -0.2) is 9.55 Å². The summed E-state index contributed by atoms with van der Waals surface area (Å²) in [6, 6.07) is 4.80. The highest BCUT2D eigenvalue weighted by molar-refractivity contribution is 6.34. The Bertz CT molecular complexity index is 655. The number of nitrogens with one attached hydrogen (secondary N) is 1. The average Bonchev–Trinajstić information content (AvgIpc) is 2.19. The van der Waals surface area contributed by atoms with Gasteiger partial charge in [-0.25, -0.2) is 4.79 Å². The number of hydrogen-bond acceptors (Lipinski definition) is 2. The van der Waals surface area contributed by atoms with Gasteiger partial charge in [-0.05, 0) is 26.0 Å². The Morgan fingerprint density at radius 2 is 2.00 bits per heavy atom. The van der Waals surface area contributed by atoms with Crippen molar-refractivity contribution in [2.24, 2.45) is 0 Å². The lowest BCUT2D eigenvalue weighted by molar-refractivity contribution is 0.552. The minimum absolute atomic E-state index is 0.181. The third-order valence-electron chi connectivity index (χ3n) is 2.43. The van der Waals surface area contributed by atoms with Crippen LogP contribution in [0.3, 0.4) is 0 Å².